The highest BCUT2D eigenvalue weighted by Crippen LogP contribution is 2.13. The van der Waals surface area contributed by atoms with E-state index >= 15 is 0 Å². The summed E-state index contributed by atoms with van der Waals surface area (Å²) in [6.07, 6.45) is 4.16. The van der Waals surface area contributed by atoms with E-state index in [1.165, 1.54) is 12.8 Å². The van der Waals surface area contributed by atoms with Crippen molar-refractivity contribution in [2.45, 2.75) is 19.3 Å². The van der Waals surface area contributed by atoms with Crippen LogP contribution in [0.1, 0.15) is 19.3 Å². The number of hydrogen-bond donors (Lipinski definition) is 1. The number of nitrogens with one attached hydrogen (secondary N) is 1. The molecular weight excluding hydrogens is 114 g/mol. The molecule has 0 bridgehead atoms. The summed E-state index contributed by atoms with van der Waals surface area (Å²) in [6.45, 7) is 2.19. The lowest BCUT2D eigenvalue weighted by molar-refractivity contribution is -0.108. The molecule has 0 unspecified atom stereocenters. The van der Waals surface area contributed by atoms with Gasteiger partial charge in [-0.2, -0.15) is 0 Å². The monoisotopic (exact) mass is 127 g/mol. The molecule has 52 valence electrons. The molecule has 2 nitrogen and oxygen atoms in total. The van der Waals surface area contributed by atoms with E-state index in [2.05, 4.69) is 5.32 Å². The Morgan fingerprint density at radius 2 is 2.11 bits per heavy atom. The highest BCUT2D eigenvalue weighted by Gasteiger charge is 2.10. The Bertz CT molecular complexity index is 86.9. The maximum atomic E-state index is 10.1. The molecule has 1 aliphatic heterocycles. The molecule has 9 heavy (non-hydrogen) atoms. The van der Waals surface area contributed by atoms with Crippen LogP contribution in [0.15, 0.2) is 0 Å². The number of carbonyl (C=O) groups is 1. The standard InChI is InChI=1S/C7H13NO/c9-6-3-7-1-4-8-5-2-7/h6-8H,1-5H2. The quantitative estimate of drug-likeness (QED) is 0.550. The van der Waals surface area contributed by atoms with Gasteiger partial charge in [-0.05, 0) is 31.8 Å². The van der Waals surface area contributed by atoms with Crippen molar-refractivity contribution in [2.75, 3.05) is 13.1 Å². The van der Waals surface area contributed by atoms with E-state index < -0.39 is 0 Å². The molecule has 0 amide bonds. The molecule has 0 aliphatic carbocycles. The number of piperidine rings is 1. The molecule has 1 rings (SSSR count). The van der Waals surface area contributed by atoms with Crippen molar-refractivity contribution in [1.29, 1.82) is 0 Å². The van der Waals surface area contributed by atoms with Gasteiger partial charge in [0.2, 0.25) is 0 Å². The predicted molar refractivity (Wildman–Crippen MR) is 36.3 cm³/mol. The highest BCUT2D eigenvalue weighted by atomic mass is 16.1. The van der Waals surface area contributed by atoms with Crippen LogP contribution in [0.3, 0.4) is 0 Å². The summed E-state index contributed by atoms with van der Waals surface area (Å²) in [7, 11) is 0. The summed E-state index contributed by atoms with van der Waals surface area (Å²) in [5.74, 6) is 0.670. The van der Waals surface area contributed by atoms with Gasteiger partial charge in [0.1, 0.15) is 6.29 Å². The third-order valence-electron chi connectivity index (χ3n) is 1.89. The van der Waals surface area contributed by atoms with E-state index in [1.807, 2.05) is 0 Å². The second-order valence-corrected chi connectivity index (χ2v) is 2.60. The molecule has 0 radical (unpaired) electrons. The van der Waals surface area contributed by atoms with E-state index in [-0.39, 0.29) is 0 Å². The lowest BCUT2D eigenvalue weighted by atomic mass is 9.96. The Hall–Kier alpha value is -0.370. The van der Waals surface area contributed by atoms with Crippen LogP contribution in [0, 0.1) is 5.92 Å². The first-order valence-electron chi connectivity index (χ1n) is 3.58. The number of rotatable bonds is 2. The molecule has 0 spiro atoms. The van der Waals surface area contributed by atoms with Gasteiger partial charge >= 0.3 is 0 Å². The van der Waals surface area contributed by atoms with Gasteiger partial charge < -0.3 is 10.1 Å². The second kappa shape index (κ2) is 3.62. The Kier molecular flexibility index (Phi) is 2.71. The number of aldehydes is 1. The fraction of sp³-hybridized carbons (Fsp3) is 0.857. The van der Waals surface area contributed by atoms with Crippen LogP contribution in [-0.4, -0.2) is 19.4 Å². The second-order valence-electron chi connectivity index (χ2n) is 2.60. The zero-order chi connectivity index (χ0) is 6.53. The molecule has 1 fully saturated rings. The van der Waals surface area contributed by atoms with Crippen molar-refractivity contribution in [3.63, 3.8) is 0 Å². The normalized spacial score (nSPS) is 21.8. The third-order valence-corrected chi connectivity index (χ3v) is 1.89. The van der Waals surface area contributed by atoms with Crippen LogP contribution >= 0.6 is 0 Å². The minimum Gasteiger partial charge on any atom is -0.317 e. The number of carbonyl (C=O) groups excluding carboxylic acids is 1. The van der Waals surface area contributed by atoms with Gasteiger partial charge in [0, 0.05) is 6.42 Å². The van der Waals surface area contributed by atoms with Crippen molar-refractivity contribution in [3.05, 3.63) is 0 Å². The van der Waals surface area contributed by atoms with E-state index in [9.17, 15) is 4.79 Å². The molecule has 0 aromatic rings. The van der Waals surface area contributed by atoms with Crippen molar-refractivity contribution in [2.24, 2.45) is 5.92 Å². The zero-order valence-electron chi connectivity index (χ0n) is 5.60. The van der Waals surface area contributed by atoms with Crippen LogP contribution < -0.4 is 5.32 Å². The van der Waals surface area contributed by atoms with Crippen molar-refractivity contribution in [3.8, 4) is 0 Å². The van der Waals surface area contributed by atoms with Crippen LogP contribution in [0.2, 0.25) is 0 Å². The van der Waals surface area contributed by atoms with Gasteiger partial charge in [0.15, 0.2) is 0 Å². The van der Waals surface area contributed by atoms with Crippen molar-refractivity contribution < 1.29 is 4.79 Å². The molecule has 1 aliphatic rings. The van der Waals surface area contributed by atoms with Crippen LogP contribution in [0.25, 0.3) is 0 Å². The smallest absolute Gasteiger partial charge is 0.120 e. The summed E-state index contributed by atoms with van der Waals surface area (Å²) in [5.41, 5.74) is 0. The van der Waals surface area contributed by atoms with E-state index in [4.69, 9.17) is 0 Å². The predicted octanol–water partition coefficient (Wildman–Crippen LogP) is 0.575. The maximum Gasteiger partial charge on any atom is 0.120 e. The topological polar surface area (TPSA) is 29.1 Å². The first-order chi connectivity index (χ1) is 4.43. The number of hydrogen-bond acceptors (Lipinski definition) is 2. The van der Waals surface area contributed by atoms with Gasteiger partial charge in [-0.15, -0.1) is 0 Å². The summed E-state index contributed by atoms with van der Waals surface area (Å²) < 4.78 is 0. The molecule has 2 heteroatoms. The molecule has 0 atom stereocenters. The molecule has 0 saturated carbocycles. The van der Waals surface area contributed by atoms with Crippen LogP contribution in [0.4, 0.5) is 0 Å². The van der Waals surface area contributed by atoms with E-state index in [0.717, 1.165) is 25.8 Å². The largest absolute Gasteiger partial charge is 0.317 e. The fourth-order valence-electron chi connectivity index (χ4n) is 1.25. The minimum atomic E-state index is 0.670. The van der Waals surface area contributed by atoms with Gasteiger partial charge in [-0.25, -0.2) is 0 Å². The summed E-state index contributed by atoms with van der Waals surface area (Å²) in [6, 6.07) is 0. The molecule has 1 N–H and O–H groups in total. The fourth-order valence-corrected chi connectivity index (χ4v) is 1.25. The van der Waals surface area contributed by atoms with Crippen molar-refractivity contribution >= 4 is 6.29 Å². The minimum absolute atomic E-state index is 0.670. The Morgan fingerprint density at radius 1 is 1.44 bits per heavy atom. The Labute approximate surface area is 55.6 Å². The van der Waals surface area contributed by atoms with Crippen molar-refractivity contribution in [1.82, 2.24) is 5.32 Å². The lowest BCUT2D eigenvalue weighted by Gasteiger charge is -2.19. The molecule has 1 saturated heterocycles. The summed E-state index contributed by atoms with van der Waals surface area (Å²) >= 11 is 0. The van der Waals surface area contributed by atoms with E-state index in [1.54, 1.807) is 0 Å². The van der Waals surface area contributed by atoms with Gasteiger partial charge in [0.05, 0.1) is 0 Å². The first kappa shape index (κ1) is 6.75. The first-order valence-corrected chi connectivity index (χ1v) is 3.58. The third kappa shape index (κ3) is 2.14. The van der Waals surface area contributed by atoms with Crippen LogP contribution in [-0.2, 0) is 4.79 Å². The summed E-state index contributed by atoms with van der Waals surface area (Å²) in [5, 5.41) is 3.26. The van der Waals surface area contributed by atoms with Crippen LogP contribution in [0.5, 0.6) is 0 Å². The molecular formula is C7H13NO. The maximum absolute atomic E-state index is 10.1. The van der Waals surface area contributed by atoms with Gasteiger partial charge in [-0.1, -0.05) is 0 Å². The molecule has 1 heterocycles. The highest BCUT2D eigenvalue weighted by molar-refractivity contribution is 5.49. The SMILES string of the molecule is O=CCC1CCNCC1. The Balaban J connectivity index is 2.15. The molecule has 0 aromatic heterocycles. The van der Waals surface area contributed by atoms with Gasteiger partial charge in [0.25, 0.3) is 0 Å². The average Bonchev–Trinajstić information content (AvgIpc) is 1.91. The van der Waals surface area contributed by atoms with Gasteiger partial charge in [-0.3, -0.25) is 0 Å². The lowest BCUT2D eigenvalue weighted by Crippen LogP contribution is -2.27. The average molecular weight is 127 g/mol. The summed E-state index contributed by atoms with van der Waals surface area (Å²) in [4.78, 5) is 10.1. The zero-order valence-corrected chi connectivity index (χ0v) is 5.60. The Morgan fingerprint density at radius 3 is 2.67 bits per heavy atom. The molecule has 0 aromatic carbocycles. The van der Waals surface area contributed by atoms with E-state index in [0.29, 0.717) is 5.92 Å².